The van der Waals surface area contributed by atoms with Crippen LogP contribution in [0.3, 0.4) is 0 Å². The highest BCUT2D eigenvalue weighted by Crippen LogP contribution is 2.35. The predicted octanol–water partition coefficient (Wildman–Crippen LogP) is -4.46. The van der Waals surface area contributed by atoms with Crippen LogP contribution in [0.5, 0.6) is 0 Å². The number of aliphatic hydroxyl groups excluding tert-OH is 7. The third-order valence-corrected chi connectivity index (χ3v) is 4.43. The number of hydrogen-bond donors (Lipinski definition) is 8. The lowest BCUT2D eigenvalue weighted by molar-refractivity contribution is -0.380. The quantitative estimate of drug-likeness (QED) is 0.224. The van der Waals surface area contributed by atoms with E-state index in [1.54, 1.807) is 0 Å². The van der Waals surface area contributed by atoms with Gasteiger partial charge in [-0.3, -0.25) is 0 Å². The minimum Gasteiger partial charge on any atom is -0.394 e. The molecule has 11 heteroatoms. The van der Waals surface area contributed by atoms with Gasteiger partial charge in [0.25, 0.3) is 0 Å². The molecule has 0 unspecified atom stereocenters. The largest absolute Gasteiger partial charge is 0.394 e. The lowest BCUT2D eigenvalue weighted by Gasteiger charge is -2.43. The van der Waals surface area contributed by atoms with Gasteiger partial charge in [0.1, 0.15) is 43.2 Å². The summed E-state index contributed by atoms with van der Waals surface area (Å²) in [7, 11) is 0. The Bertz CT molecular complexity index is 398. The summed E-state index contributed by atoms with van der Waals surface area (Å²) in [5, 5.41) is 67.9. The maximum absolute atomic E-state index is 10.0. The first-order valence-electron chi connectivity index (χ1n) is 7.05. The van der Waals surface area contributed by atoms with Crippen molar-refractivity contribution < 1.29 is 50.0 Å². The van der Waals surface area contributed by atoms with E-state index in [-0.39, 0.29) is 5.75 Å². The summed E-state index contributed by atoms with van der Waals surface area (Å²) in [6, 6.07) is 0. The fourth-order valence-corrected chi connectivity index (χ4v) is 2.93. The second-order valence-corrected chi connectivity index (χ2v) is 5.92. The van der Waals surface area contributed by atoms with Crippen LogP contribution in [0.4, 0.5) is 0 Å². The van der Waals surface area contributed by atoms with Gasteiger partial charge in [-0.15, -0.1) is 0 Å². The van der Waals surface area contributed by atoms with Crippen molar-refractivity contribution >= 4 is 12.6 Å². The average molecular weight is 358 g/mol. The molecule has 23 heavy (non-hydrogen) atoms. The summed E-state index contributed by atoms with van der Waals surface area (Å²) in [6.45, 7) is -1.56. The molecule has 2 rings (SSSR count). The van der Waals surface area contributed by atoms with E-state index in [0.717, 1.165) is 0 Å². The third-order valence-electron chi connectivity index (χ3n) is 4.07. The number of thiol groups is 1. The van der Waals surface area contributed by atoms with Crippen molar-refractivity contribution in [1.29, 1.82) is 0 Å². The van der Waals surface area contributed by atoms with Gasteiger partial charge in [-0.05, 0) is 0 Å². The van der Waals surface area contributed by atoms with Crippen LogP contribution in [-0.2, 0) is 14.2 Å². The first kappa shape index (κ1) is 19.3. The Morgan fingerprint density at radius 2 is 1.57 bits per heavy atom. The molecule has 0 aromatic heterocycles. The Balaban J connectivity index is 2.18. The van der Waals surface area contributed by atoms with Gasteiger partial charge in [0.15, 0.2) is 6.29 Å². The molecule has 0 spiro atoms. The van der Waals surface area contributed by atoms with Gasteiger partial charge in [0.2, 0.25) is 5.79 Å². The summed E-state index contributed by atoms with van der Waals surface area (Å²) in [4.78, 5) is 0. The zero-order chi connectivity index (χ0) is 17.4. The Hall–Kier alpha value is -0.0500. The van der Waals surface area contributed by atoms with E-state index in [1.807, 2.05) is 0 Å². The Morgan fingerprint density at radius 1 is 0.913 bits per heavy atom. The summed E-state index contributed by atoms with van der Waals surface area (Å²) < 4.78 is 15.7. The molecule has 2 saturated heterocycles. The van der Waals surface area contributed by atoms with Crippen molar-refractivity contribution in [2.45, 2.75) is 54.8 Å². The van der Waals surface area contributed by atoms with Crippen molar-refractivity contribution in [3.05, 3.63) is 0 Å². The first-order valence-corrected chi connectivity index (χ1v) is 7.68. The minimum absolute atomic E-state index is 0.00221. The van der Waals surface area contributed by atoms with Crippen molar-refractivity contribution in [3.8, 4) is 0 Å². The van der Waals surface area contributed by atoms with E-state index in [9.17, 15) is 30.6 Å². The maximum Gasteiger partial charge on any atom is 0.224 e. The fourth-order valence-electron chi connectivity index (χ4n) is 2.63. The van der Waals surface area contributed by atoms with Crippen LogP contribution in [0, 0.1) is 0 Å². The lowest BCUT2D eigenvalue weighted by Crippen LogP contribution is -2.62. The topological polar surface area (TPSA) is 169 Å². The zero-order valence-electron chi connectivity index (χ0n) is 12.0. The molecule has 9 atom stereocenters. The van der Waals surface area contributed by atoms with Crippen LogP contribution in [0.2, 0.25) is 0 Å². The van der Waals surface area contributed by atoms with E-state index in [4.69, 9.17) is 19.3 Å². The van der Waals surface area contributed by atoms with Crippen molar-refractivity contribution in [2.75, 3.05) is 19.0 Å². The summed E-state index contributed by atoms with van der Waals surface area (Å²) in [6.07, 6.45) is -11.8. The van der Waals surface area contributed by atoms with E-state index >= 15 is 0 Å². The number of rotatable bonds is 5. The maximum atomic E-state index is 10.0. The molecule has 2 fully saturated rings. The van der Waals surface area contributed by atoms with Crippen LogP contribution < -0.4 is 0 Å². The van der Waals surface area contributed by atoms with E-state index in [0.29, 0.717) is 0 Å². The molecule has 2 heterocycles. The van der Waals surface area contributed by atoms with E-state index in [2.05, 4.69) is 12.6 Å². The molecule has 0 aromatic carbocycles. The molecule has 0 radical (unpaired) electrons. The Morgan fingerprint density at radius 3 is 2.04 bits per heavy atom. The van der Waals surface area contributed by atoms with Gasteiger partial charge in [-0.25, -0.2) is 0 Å². The fraction of sp³-hybridized carbons (Fsp3) is 1.00. The molecule has 2 aliphatic heterocycles. The van der Waals surface area contributed by atoms with Crippen LogP contribution >= 0.6 is 12.6 Å². The SMILES string of the molecule is OC[C@H]1O[C@](CO)(O[C@H]2O[C@H](CS)[C@@H](O)[C@H](O)[C@H]2O)[C@@H](O)[C@@H]1O. The minimum atomic E-state index is -2.17. The summed E-state index contributed by atoms with van der Waals surface area (Å²) in [5.41, 5.74) is 0. The van der Waals surface area contributed by atoms with Gasteiger partial charge < -0.3 is 50.0 Å². The Kier molecular flexibility index (Phi) is 6.25. The Labute approximate surface area is 137 Å². The average Bonchev–Trinajstić information content (AvgIpc) is 2.80. The lowest BCUT2D eigenvalue weighted by atomic mass is 9.99. The molecule has 10 nitrogen and oxygen atoms in total. The number of hydrogen-bond acceptors (Lipinski definition) is 11. The molecule has 0 bridgehead atoms. The molecule has 0 saturated carbocycles. The third kappa shape index (κ3) is 3.37. The second kappa shape index (κ2) is 7.45. The smallest absolute Gasteiger partial charge is 0.224 e. The monoisotopic (exact) mass is 358 g/mol. The highest BCUT2D eigenvalue weighted by molar-refractivity contribution is 7.80. The first-order chi connectivity index (χ1) is 10.8. The van der Waals surface area contributed by atoms with Crippen LogP contribution in [0.25, 0.3) is 0 Å². The molecule has 7 N–H and O–H groups in total. The molecule has 2 aliphatic rings. The van der Waals surface area contributed by atoms with Gasteiger partial charge in [-0.2, -0.15) is 12.6 Å². The van der Waals surface area contributed by atoms with E-state index in [1.165, 1.54) is 0 Å². The van der Waals surface area contributed by atoms with Gasteiger partial charge >= 0.3 is 0 Å². The van der Waals surface area contributed by atoms with Crippen LogP contribution in [-0.4, -0.2) is 110 Å². The molecular formula is C12H22O10S. The highest BCUT2D eigenvalue weighted by Gasteiger charge is 2.58. The zero-order valence-corrected chi connectivity index (χ0v) is 12.9. The van der Waals surface area contributed by atoms with Gasteiger partial charge in [0.05, 0.1) is 12.7 Å². The van der Waals surface area contributed by atoms with E-state index < -0.39 is 68.0 Å². The standard InChI is InChI=1S/C12H22O10S/c13-1-4-7(16)10(19)12(3-14,21-4)22-11-9(18)8(17)6(15)5(2-23)20-11/h4-11,13-19,23H,1-3H2/t4-,5-,6-,7-,8+,9-,10+,11-,12-/m1/s1. The van der Waals surface area contributed by atoms with Crippen molar-refractivity contribution in [1.82, 2.24) is 0 Å². The second-order valence-electron chi connectivity index (χ2n) is 5.56. The van der Waals surface area contributed by atoms with Gasteiger partial charge in [-0.1, -0.05) is 0 Å². The number of ether oxygens (including phenoxy) is 3. The normalized spacial score (nSPS) is 51.1. The predicted molar refractivity (Wildman–Crippen MR) is 75.4 cm³/mol. The highest BCUT2D eigenvalue weighted by atomic mass is 32.1. The molecule has 0 aliphatic carbocycles. The molecule has 0 amide bonds. The van der Waals surface area contributed by atoms with Gasteiger partial charge in [0, 0.05) is 5.75 Å². The molecule has 0 aromatic rings. The van der Waals surface area contributed by atoms with Crippen molar-refractivity contribution in [2.24, 2.45) is 0 Å². The molecular weight excluding hydrogens is 336 g/mol. The molecule has 136 valence electrons. The van der Waals surface area contributed by atoms with Crippen molar-refractivity contribution in [3.63, 3.8) is 0 Å². The van der Waals surface area contributed by atoms with Crippen LogP contribution in [0.15, 0.2) is 0 Å². The number of aliphatic hydroxyl groups is 7. The summed E-state index contributed by atoms with van der Waals surface area (Å²) >= 11 is 3.95. The summed E-state index contributed by atoms with van der Waals surface area (Å²) in [5.74, 6) is -2.16. The van der Waals surface area contributed by atoms with Crippen LogP contribution in [0.1, 0.15) is 0 Å².